The van der Waals surface area contributed by atoms with Crippen LogP contribution in [-0.4, -0.2) is 45.5 Å². The molecule has 0 saturated heterocycles. The first-order chi connectivity index (χ1) is 20.7. The summed E-state index contributed by atoms with van der Waals surface area (Å²) in [5.41, 5.74) is 4.91. The molecule has 2 atom stereocenters. The van der Waals surface area contributed by atoms with Gasteiger partial charge in [-0.15, -0.1) is 0 Å². The van der Waals surface area contributed by atoms with E-state index in [9.17, 15) is 24.2 Å². The first-order valence-corrected chi connectivity index (χ1v) is 14.6. The topological polar surface area (TPSA) is 101 Å². The number of nitrogens with one attached hydrogen (secondary N) is 1. The SMILES string of the molecule is CCOC(=O)C[C@H](O)C[C@H](O)CCn1c(-c2ccc(F)cc2)c(-c2ccccc2)c(C(=O)Nc2ccccc2)c1C(C)C. The van der Waals surface area contributed by atoms with Gasteiger partial charge >= 0.3 is 5.97 Å². The number of amides is 1. The Labute approximate surface area is 252 Å². The molecular weight excluding hydrogens is 547 g/mol. The third-order valence-corrected chi connectivity index (χ3v) is 7.23. The van der Waals surface area contributed by atoms with Crippen molar-refractivity contribution in [2.24, 2.45) is 0 Å². The summed E-state index contributed by atoms with van der Waals surface area (Å²) >= 11 is 0. The van der Waals surface area contributed by atoms with E-state index in [1.807, 2.05) is 79.1 Å². The highest BCUT2D eigenvalue weighted by molar-refractivity contribution is 6.12. The number of aliphatic hydroxyl groups excluding tert-OH is 2. The number of carbonyl (C=O) groups is 2. The van der Waals surface area contributed by atoms with E-state index < -0.39 is 18.2 Å². The number of para-hydroxylation sites is 1. The van der Waals surface area contributed by atoms with Gasteiger partial charge in [0, 0.05) is 23.5 Å². The molecule has 0 unspecified atom stereocenters. The molecule has 0 spiro atoms. The number of ether oxygens (including phenoxy) is 1. The molecular formula is C35H39FN2O5. The van der Waals surface area contributed by atoms with Crippen molar-refractivity contribution in [3.8, 4) is 22.4 Å². The number of aromatic nitrogens is 1. The normalized spacial score (nSPS) is 12.6. The summed E-state index contributed by atoms with van der Waals surface area (Å²) < 4.78 is 21.0. The highest BCUT2D eigenvalue weighted by atomic mass is 19.1. The van der Waals surface area contributed by atoms with Gasteiger partial charge in [0.25, 0.3) is 5.91 Å². The summed E-state index contributed by atoms with van der Waals surface area (Å²) in [5, 5.41) is 24.3. The second kappa shape index (κ2) is 14.8. The molecule has 3 aromatic carbocycles. The van der Waals surface area contributed by atoms with Crippen LogP contribution in [0.4, 0.5) is 10.1 Å². The van der Waals surface area contributed by atoms with Crippen molar-refractivity contribution < 1.29 is 28.9 Å². The molecule has 0 fully saturated rings. The van der Waals surface area contributed by atoms with Gasteiger partial charge in [0.05, 0.1) is 36.5 Å². The molecule has 1 aromatic heterocycles. The summed E-state index contributed by atoms with van der Waals surface area (Å²) in [5.74, 6) is -1.27. The lowest BCUT2D eigenvalue weighted by Crippen LogP contribution is -2.23. The van der Waals surface area contributed by atoms with Crippen LogP contribution in [-0.2, 0) is 16.1 Å². The Kier molecular flexibility index (Phi) is 10.9. The average molecular weight is 587 g/mol. The summed E-state index contributed by atoms with van der Waals surface area (Å²) in [6.45, 7) is 6.24. The molecule has 3 N–H and O–H groups in total. The van der Waals surface area contributed by atoms with Crippen LogP contribution in [0, 0.1) is 5.82 Å². The summed E-state index contributed by atoms with van der Waals surface area (Å²) in [6.07, 6.45) is -1.93. The maximum absolute atomic E-state index is 14.1. The number of benzene rings is 3. The number of hydrogen-bond donors (Lipinski definition) is 3. The summed E-state index contributed by atoms with van der Waals surface area (Å²) in [6, 6.07) is 25.0. The van der Waals surface area contributed by atoms with E-state index in [0.29, 0.717) is 23.4 Å². The van der Waals surface area contributed by atoms with Crippen LogP contribution < -0.4 is 5.32 Å². The molecule has 226 valence electrons. The predicted octanol–water partition coefficient (Wildman–Crippen LogP) is 6.79. The lowest BCUT2D eigenvalue weighted by Gasteiger charge is -2.20. The fourth-order valence-electron chi connectivity index (χ4n) is 5.41. The lowest BCUT2D eigenvalue weighted by molar-refractivity contribution is -0.145. The van der Waals surface area contributed by atoms with E-state index in [0.717, 1.165) is 22.5 Å². The van der Waals surface area contributed by atoms with E-state index in [4.69, 9.17) is 4.74 Å². The third kappa shape index (κ3) is 7.97. The monoisotopic (exact) mass is 586 g/mol. The van der Waals surface area contributed by atoms with E-state index >= 15 is 0 Å². The zero-order valence-corrected chi connectivity index (χ0v) is 24.8. The Morgan fingerprint density at radius 3 is 2.12 bits per heavy atom. The van der Waals surface area contributed by atoms with Crippen LogP contribution in [0.1, 0.15) is 62.0 Å². The van der Waals surface area contributed by atoms with E-state index in [-0.39, 0.29) is 43.5 Å². The molecule has 0 aliphatic heterocycles. The van der Waals surface area contributed by atoms with Gasteiger partial charge in [0.15, 0.2) is 0 Å². The molecule has 0 radical (unpaired) electrons. The molecule has 7 nitrogen and oxygen atoms in total. The molecule has 0 saturated carbocycles. The van der Waals surface area contributed by atoms with Gasteiger partial charge in [-0.2, -0.15) is 0 Å². The second-order valence-corrected chi connectivity index (χ2v) is 10.8. The van der Waals surface area contributed by atoms with Crippen LogP contribution in [0.2, 0.25) is 0 Å². The lowest BCUT2D eigenvalue weighted by atomic mass is 9.94. The minimum absolute atomic E-state index is 0.00410. The Bertz CT molecular complexity index is 1500. The van der Waals surface area contributed by atoms with Crippen molar-refractivity contribution in [1.29, 1.82) is 0 Å². The zero-order chi connectivity index (χ0) is 30.9. The molecule has 1 amide bonds. The van der Waals surface area contributed by atoms with Crippen LogP contribution in [0.3, 0.4) is 0 Å². The van der Waals surface area contributed by atoms with Crippen LogP contribution >= 0.6 is 0 Å². The number of esters is 1. The second-order valence-electron chi connectivity index (χ2n) is 10.8. The van der Waals surface area contributed by atoms with Gasteiger partial charge < -0.3 is 24.8 Å². The first kappa shape index (κ1) is 31.7. The molecule has 8 heteroatoms. The van der Waals surface area contributed by atoms with Crippen LogP contribution in [0.15, 0.2) is 84.9 Å². The fourth-order valence-corrected chi connectivity index (χ4v) is 5.41. The molecule has 0 bridgehead atoms. The summed E-state index contributed by atoms with van der Waals surface area (Å²) in [7, 11) is 0. The van der Waals surface area contributed by atoms with Gasteiger partial charge in [0.1, 0.15) is 5.82 Å². The van der Waals surface area contributed by atoms with Crippen molar-refractivity contribution in [2.75, 3.05) is 11.9 Å². The van der Waals surface area contributed by atoms with Gasteiger partial charge in [0.2, 0.25) is 0 Å². The Morgan fingerprint density at radius 1 is 0.884 bits per heavy atom. The van der Waals surface area contributed by atoms with Gasteiger partial charge in [-0.1, -0.05) is 62.4 Å². The zero-order valence-electron chi connectivity index (χ0n) is 24.8. The van der Waals surface area contributed by atoms with Crippen LogP contribution in [0.25, 0.3) is 22.4 Å². The van der Waals surface area contributed by atoms with Crippen LogP contribution in [0.5, 0.6) is 0 Å². The minimum Gasteiger partial charge on any atom is -0.466 e. The Hall–Kier alpha value is -4.27. The Balaban J connectivity index is 1.83. The summed E-state index contributed by atoms with van der Waals surface area (Å²) in [4.78, 5) is 25.9. The fraction of sp³-hybridized carbons (Fsp3) is 0.314. The van der Waals surface area contributed by atoms with Gasteiger partial charge in [-0.3, -0.25) is 9.59 Å². The average Bonchev–Trinajstić information content (AvgIpc) is 3.33. The van der Waals surface area contributed by atoms with Gasteiger partial charge in [-0.25, -0.2) is 4.39 Å². The molecule has 43 heavy (non-hydrogen) atoms. The molecule has 0 aliphatic carbocycles. The molecule has 4 aromatic rings. The number of anilines is 1. The molecule has 4 rings (SSSR count). The first-order valence-electron chi connectivity index (χ1n) is 14.6. The number of nitrogens with zero attached hydrogens (tertiary/aromatic N) is 1. The quantitative estimate of drug-likeness (QED) is 0.150. The predicted molar refractivity (Wildman–Crippen MR) is 166 cm³/mol. The van der Waals surface area contributed by atoms with Gasteiger partial charge in [-0.05, 0) is 73.2 Å². The number of hydrogen-bond acceptors (Lipinski definition) is 5. The maximum Gasteiger partial charge on any atom is 0.308 e. The smallest absolute Gasteiger partial charge is 0.308 e. The number of aliphatic hydroxyl groups is 2. The van der Waals surface area contributed by atoms with E-state index in [1.165, 1.54) is 12.1 Å². The Morgan fingerprint density at radius 2 is 1.51 bits per heavy atom. The largest absolute Gasteiger partial charge is 0.466 e. The maximum atomic E-state index is 14.1. The number of halogens is 1. The standard InChI is InChI=1S/C35H39FN2O5/c1-4-43-30(41)22-29(40)21-28(39)19-20-38-33(23(2)3)32(35(42)37-27-13-9-6-10-14-27)31(24-11-7-5-8-12-24)34(38)25-15-17-26(36)18-16-25/h5-18,23,28-29,39-40H,4,19-22H2,1-3H3,(H,37,42)/t28-,29-/m1/s1. The van der Waals surface area contributed by atoms with Crippen molar-refractivity contribution in [1.82, 2.24) is 4.57 Å². The van der Waals surface area contributed by atoms with Crippen molar-refractivity contribution in [2.45, 2.75) is 64.7 Å². The van der Waals surface area contributed by atoms with E-state index in [2.05, 4.69) is 5.32 Å². The van der Waals surface area contributed by atoms with Crippen molar-refractivity contribution in [3.05, 3.63) is 102 Å². The number of rotatable bonds is 13. The third-order valence-electron chi connectivity index (χ3n) is 7.23. The molecule has 0 aliphatic rings. The minimum atomic E-state index is -1.05. The van der Waals surface area contributed by atoms with Crippen molar-refractivity contribution >= 4 is 17.6 Å². The highest BCUT2D eigenvalue weighted by Gasteiger charge is 2.31. The van der Waals surface area contributed by atoms with Crippen molar-refractivity contribution in [3.63, 3.8) is 0 Å². The molecule has 1 heterocycles. The number of carbonyl (C=O) groups excluding carboxylic acids is 2. The highest BCUT2D eigenvalue weighted by Crippen LogP contribution is 2.42. The van der Waals surface area contributed by atoms with E-state index in [1.54, 1.807) is 19.1 Å².